The number of rotatable bonds is 6. The van der Waals surface area contributed by atoms with Crippen molar-refractivity contribution in [2.75, 3.05) is 38.1 Å². The first-order valence-corrected chi connectivity index (χ1v) is 12.5. The Hall–Kier alpha value is -4.31. The van der Waals surface area contributed by atoms with Crippen molar-refractivity contribution in [1.82, 2.24) is 34.2 Å². The van der Waals surface area contributed by atoms with E-state index in [1.165, 1.54) is 22.7 Å². The summed E-state index contributed by atoms with van der Waals surface area (Å²) in [6.07, 6.45) is -4.94. The van der Waals surface area contributed by atoms with Gasteiger partial charge in [0.05, 0.1) is 18.0 Å². The maximum Gasteiger partial charge on any atom is 0.459 e. The quantitative estimate of drug-likeness (QED) is 0.439. The summed E-state index contributed by atoms with van der Waals surface area (Å²) in [6, 6.07) is 0.765. The van der Waals surface area contributed by atoms with Crippen molar-refractivity contribution in [2.24, 2.45) is 0 Å². The number of aryl methyl sites for hydroxylation is 2. The van der Waals surface area contributed by atoms with Crippen LogP contribution in [-0.2, 0) is 15.5 Å². The van der Waals surface area contributed by atoms with Gasteiger partial charge in [-0.15, -0.1) is 0 Å². The molecule has 222 valence electrons. The van der Waals surface area contributed by atoms with Gasteiger partial charge in [-0.25, -0.2) is 14.3 Å². The molecule has 0 aliphatic carbocycles. The fraction of sp³-hybridized carbons (Fsp3) is 0.500. The molecule has 0 saturated carbocycles. The summed E-state index contributed by atoms with van der Waals surface area (Å²) in [7, 11) is 0. The number of amides is 3. The molecule has 1 saturated heterocycles. The summed E-state index contributed by atoms with van der Waals surface area (Å²) in [5.41, 5.74) is -1.95. The highest BCUT2D eigenvalue weighted by Crippen LogP contribution is 2.43. The molecule has 0 bridgehead atoms. The number of hydrogen-bond acceptors (Lipinski definition) is 7. The average molecular weight is 587 g/mol. The number of nitrogens with zero attached hydrogens (tertiary/aromatic N) is 7. The van der Waals surface area contributed by atoms with Gasteiger partial charge in [-0.1, -0.05) is 0 Å². The Morgan fingerprint density at radius 2 is 1.66 bits per heavy atom. The fourth-order valence-electron chi connectivity index (χ4n) is 4.27. The third-order valence-electron chi connectivity index (χ3n) is 6.50. The summed E-state index contributed by atoms with van der Waals surface area (Å²) in [5.74, 6) is -6.43. The van der Waals surface area contributed by atoms with E-state index in [4.69, 9.17) is 4.74 Å². The Kier molecular flexibility index (Phi) is 7.91. The van der Waals surface area contributed by atoms with E-state index in [9.17, 15) is 36.3 Å². The van der Waals surface area contributed by atoms with Crippen LogP contribution in [-0.4, -0.2) is 91.0 Å². The van der Waals surface area contributed by atoms with Crippen molar-refractivity contribution < 1.29 is 41.1 Å². The lowest BCUT2D eigenvalue weighted by Gasteiger charge is -2.35. The molecule has 1 aliphatic heterocycles. The first-order chi connectivity index (χ1) is 19.1. The van der Waals surface area contributed by atoms with Crippen LogP contribution in [0.1, 0.15) is 47.5 Å². The molecule has 12 nitrogen and oxygen atoms in total. The predicted octanol–water partition coefficient (Wildman–Crippen LogP) is 3.31. The first kappa shape index (κ1) is 29.7. The number of halogens is 5. The standard InChI is InChI=1S/C24H27F5N8O4/c1-5-41-22(40)35-8-6-34(7-9-35)21(39)15(4)36-12-17(14(3)32-36)31-20(38)16-11-19-30-13(2)10-18(37(19)33-16)23(25,26)24(27,28)29/h10-12,15H,5-9H2,1-4H3,(H,31,38). The van der Waals surface area contributed by atoms with Gasteiger partial charge in [-0.3, -0.25) is 14.3 Å². The van der Waals surface area contributed by atoms with E-state index in [0.29, 0.717) is 37.9 Å². The predicted molar refractivity (Wildman–Crippen MR) is 132 cm³/mol. The number of carbonyl (C=O) groups excluding carboxylic acids is 3. The summed E-state index contributed by atoms with van der Waals surface area (Å²) in [4.78, 5) is 44.8. The third kappa shape index (κ3) is 5.78. The zero-order valence-electron chi connectivity index (χ0n) is 22.5. The minimum absolute atomic E-state index is 0.124. The Bertz CT molecular complexity index is 1480. The fourth-order valence-corrected chi connectivity index (χ4v) is 4.27. The van der Waals surface area contributed by atoms with Crippen molar-refractivity contribution in [3.8, 4) is 0 Å². The Morgan fingerprint density at radius 1 is 1.02 bits per heavy atom. The van der Waals surface area contributed by atoms with Crippen LogP contribution in [0.5, 0.6) is 0 Å². The van der Waals surface area contributed by atoms with E-state index < -0.39 is 41.5 Å². The van der Waals surface area contributed by atoms with Gasteiger partial charge in [0.1, 0.15) is 11.7 Å². The SMILES string of the molecule is CCOC(=O)N1CCN(C(=O)C(C)n2cc(NC(=O)c3cc4nc(C)cc(C(F)(F)C(F)(F)F)n4n3)c(C)n2)CC1. The summed E-state index contributed by atoms with van der Waals surface area (Å²) < 4.78 is 74.1. The van der Waals surface area contributed by atoms with Crippen LogP contribution in [0.2, 0.25) is 0 Å². The minimum atomic E-state index is -5.89. The molecule has 17 heteroatoms. The van der Waals surface area contributed by atoms with E-state index in [1.807, 2.05) is 0 Å². The molecule has 1 aliphatic rings. The normalized spacial score (nSPS) is 15.2. The van der Waals surface area contributed by atoms with E-state index >= 15 is 0 Å². The largest absolute Gasteiger partial charge is 0.459 e. The van der Waals surface area contributed by atoms with Gasteiger partial charge in [0.15, 0.2) is 11.3 Å². The molecular formula is C24H27F5N8O4. The van der Waals surface area contributed by atoms with Crippen LogP contribution in [0.4, 0.5) is 32.4 Å². The molecule has 0 radical (unpaired) electrons. The topological polar surface area (TPSA) is 127 Å². The Labute approximate surface area is 230 Å². The van der Waals surface area contributed by atoms with E-state index in [-0.39, 0.29) is 34.1 Å². The number of nitrogens with one attached hydrogen (secondary N) is 1. The van der Waals surface area contributed by atoms with Gasteiger partial charge in [0.2, 0.25) is 5.91 Å². The van der Waals surface area contributed by atoms with E-state index in [1.54, 1.807) is 25.7 Å². The van der Waals surface area contributed by atoms with Crippen LogP contribution in [0.15, 0.2) is 18.3 Å². The lowest BCUT2D eigenvalue weighted by Crippen LogP contribution is -2.52. The van der Waals surface area contributed by atoms with Crippen molar-refractivity contribution in [3.05, 3.63) is 41.1 Å². The maximum atomic E-state index is 14.2. The van der Waals surface area contributed by atoms with Crippen LogP contribution >= 0.6 is 0 Å². The first-order valence-electron chi connectivity index (χ1n) is 12.5. The number of carbonyl (C=O) groups is 3. The van der Waals surface area contributed by atoms with E-state index in [0.717, 1.165) is 6.07 Å². The molecule has 1 N–H and O–H groups in total. The summed E-state index contributed by atoms with van der Waals surface area (Å²) >= 11 is 0. The van der Waals surface area contributed by atoms with Gasteiger partial charge < -0.3 is 19.9 Å². The number of anilines is 1. The Morgan fingerprint density at radius 3 is 2.27 bits per heavy atom. The second kappa shape index (κ2) is 10.9. The van der Waals surface area contributed by atoms with Gasteiger partial charge in [-0.05, 0) is 33.8 Å². The lowest BCUT2D eigenvalue weighted by molar-refractivity contribution is -0.291. The molecule has 4 heterocycles. The lowest BCUT2D eigenvalue weighted by atomic mass is 10.2. The van der Waals surface area contributed by atoms with Gasteiger partial charge >= 0.3 is 18.2 Å². The average Bonchev–Trinajstić information content (AvgIpc) is 3.50. The van der Waals surface area contributed by atoms with Crippen molar-refractivity contribution in [3.63, 3.8) is 0 Å². The molecule has 3 aromatic rings. The monoisotopic (exact) mass is 586 g/mol. The van der Waals surface area contributed by atoms with Crippen LogP contribution in [0.25, 0.3) is 5.65 Å². The van der Waals surface area contributed by atoms with Crippen LogP contribution in [0, 0.1) is 13.8 Å². The Balaban J connectivity index is 1.49. The number of fused-ring (bicyclic) bond motifs is 1. The molecule has 1 fully saturated rings. The second-order valence-corrected chi connectivity index (χ2v) is 9.40. The zero-order valence-corrected chi connectivity index (χ0v) is 22.5. The van der Waals surface area contributed by atoms with Crippen molar-refractivity contribution in [2.45, 2.75) is 45.8 Å². The smallest absolute Gasteiger partial charge is 0.450 e. The van der Waals surface area contributed by atoms with Crippen LogP contribution in [0.3, 0.4) is 0 Å². The van der Waals surface area contributed by atoms with Gasteiger partial charge in [0.25, 0.3) is 5.91 Å². The number of piperazine rings is 1. The molecule has 3 aromatic heterocycles. The van der Waals surface area contributed by atoms with Crippen molar-refractivity contribution in [1.29, 1.82) is 0 Å². The molecule has 1 atom stereocenters. The number of hydrogen-bond donors (Lipinski definition) is 1. The van der Waals surface area contributed by atoms with Gasteiger partial charge in [-0.2, -0.15) is 32.1 Å². The highest BCUT2D eigenvalue weighted by molar-refractivity contribution is 6.03. The molecular weight excluding hydrogens is 559 g/mol. The van der Waals surface area contributed by atoms with Crippen LogP contribution < -0.4 is 5.32 Å². The molecule has 0 aromatic carbocycles. The highest BCUT2D eigenvalue weighted by Gasteiger charge is 2.60. The summed E-state index contributed by atoms with van der Waals surface area (Å²) in [6.45, 7) is 7.55. The molecule has 1 unspecified atom stereocenters. The number of ether oxygens (including phenoxy) is 1. The third-order valence-corrected chi connectivity index (χ3v) is 6.50. The van der Waals surface area contributed by atoms with Gasteiger partial charge in [0, 0.05) is 44.1 Å². The molecule has 41 heavy (non-hydrogen) atoms. The second-order valence-electron chi connectivity index (χ2n) is 9.40. The van der Waals surface area contributed by atoms with E-state index in [2.05, 4.69) is 20.5 Å². The molecule has 4 rings (SSSR count). The van der Waals surface area contributed by atoms with Crippen molar-refractivity contribution >= 4 is 29.2 Å². The highest BCUT2D eigenvalue weighted by atomic mass is 19.4. The zero-order chi connectivity index (χ0) is 30.3. The maximum absolute atomic E-state index is 14.2. The number of alkyl halides is 5. The molecule has 3 amide bonds. The number of aromatic nitrogens is 5. The summed E-state index contributed by atoms with van der Waals surface area (Å²) in [5, 5.41) is 10.4. The minimum Gasteiger partial charge on any atom is -0.450 e. The molecule has 0 spiro atoms.